The summed E-state index contributed by atoms with van der Waals surface area (Å²) in [5.41, 5.74) is 1.31. The van der Waals surface area contributed by atoms with E-state index < -0.39 is 0 Å². The summed E-state index contributed by atoms with van der Waals surface area (Å²) in [7, 11) is 0. The number of fused-ring (bicyclic) bond motifs is 1. The molecule has 2 aromatic rings. The Morgan fingerprint density at radius 2 is 2.11 bits per heavy atom. The van der Waals surface area contributed by atoms with Gasteiger partial charge >= 0.3 is 0 Å². The second-order valence-corrected chi connectivity index (χ2v) is 6.12. The third-order valence-corrected chi connectivity index (χ3v) is 4.64. The van der Waals surface area contributed by atoms with Crippen molar-refractivity contribution >= 4 is 27.4 Å². The molecule has 0 radical (unpaired) electrons. The van der Waals surface area contributed by atoms with E-state index in [4.69, 9.17) is 0 Å². The van der Waals surface area contributed by atoms with E-state index in [0.29, 0.717) is 6.04 Å². The molecule has 0 aromatic carbocycles. The first-order valence-electron chi connectivity index (χ1n) is 6.36. The molecule has 3 heterocycles. The van der Waals surface area contributed by atoms with Crippen molar-refractivity contribution < 1.29 is 0 Å². The zero-order valence-corrected chi connectivity index (χ0v) is 11.8. The first-order valence-corrected chi connectivity index (χ1v) is 7.18. The van der Waals surface area contributed by atoms with Gasteiger partial charge in [-0.3, -0.25) is 0 Å². The maximum Gasteiger partial charge on any atom is 0.139 e. The van der Waals surface area contributed by atoms with Gasteiger partial charge in [-0.2, -0.15) is 0 Å². The number of nitrogens with zero attached hydrogens (tertiary/aromatic N) is 2. The summed E-state index contributed by atoms with van der Waals surface area (Å²) in [4.78, 5) is 11.6. The zero-order valence-electron chi connectivity index (χ0n) is 11.0. The first kappa shape index (κ1) is 11.9. The van der Waals surface area contributed by atoms with Crippen LogP contribution in [0.3, 0.4) is 0 Å². The van der Waals surface area contributed by atoms with Gasteiger partial charge in [0.05, 0.1) is 5.39 Å². The third-order valence-electron chi connectivity index (χ3n) is 3.54. The lowest BCUT2D eigenvalue weighted by Crippen LogP contribution is -2.23. The van der Waals surface area contributed by atoms with Gasteiger partial charge in [-0.25, -0.2) is 9.97 Å². The maximum absolute atomic E-state index is 4.60. The van der Waals surface area contributed by atoms with Gasteiger partial charge in [-0.1, -0.05) is 0 Å². The SMILES string of the molecule is Cc1nc(NC2CCNC2)c2c(C)c(C)sc2n1. The van der Waals surface area contributed by atoms with Crippen LogP contribution in [-0.2, 0) is 0 Å². The highest BCUT2D eigenvalue weighted by molar-refractivity contribution is 7.18. The topological polar surface area (TPSA) is 49.8 Å². The highest BCUT2D eigenvalue weighted by atomic mass is 32.1. The molecule has 1 unspecified atom stereocenters. The van der Waals surface area contributed by atoms with E-state index in [1.54, 1.807) is 11.3 Å². The number of hydrogen-bond donors (Lipinski definition) is 2. The van der Waals surface area contributed by atoms with E-state index in [2.05, 4.69) is 34.4 Å². The Balaban J connectivity index is 2.08. The normalized spacial score (nSPS) is 19.6. The number of hydrogen-bond acceptors (Lipinski definition) is 5. The van der Waals surface area contributed by atoms with Crippen LogP contribution in [0.25, 0.3) is 10.2 Å². The van der Waals surface area contributed by atoms with Gasteiger partial charge in [0.1, 0.15) is 16.5 Å². The fourth-order valence-corrected chi connectivity index (χ4v) is 3.51. The van der Waals surface area contributed by atoms with Gasteiger partial charge in [-0.15, -0.1) is 11.3 Å². The number of anilines is 1. The summed E-state index contributed by atoms with van der Waals surface area (Å²) in [5, 5.41) is 8.15. The highest BCUT2D eigenvalue weighted by Crippen LogP contribution is 2.33. The molecule has 0 aliphatic carbocycles. The maximum atomic E-state index is 4.60. The van der Waals surface area contributed by atoms with E-state index in [1.807, 2.05) is 6.92 Å². The lowest BCUT2D eigenvalue weighted by molar-refractivity contribution is 0.787. The van der Waals surface area contributed by atoms with Gasteiger partial charge in [0.15, 0.2) is 0 Å². The van der Waals surface area contributed by atoms with E-state index in [9.17, 15) is 0 Å². The van der Waals surface area contributed by atoms with Gasteiger partial charge < -0.3 is 10.6 Å². The lowest BCUT2D eigenvalue weighted by atomic mass is 10.2. The monoisotopic (exact) mass is 262 g/mol. The number of aromatic nitrogens is 2. The predicted octanol–water partition coefficient (Wildman–Crippen LogP) is 2.39. The molecule has 1 fully saturated rings. The minimum Gasteiger partial charge on any atom is -0.365 e. The Kier molecular flexibility index (Phi) is 2.95. The summed E-state index contributed by atoms with van der Waals surface area (Å²) in [6.07, 6.45) is 1.16. The highest BCUT2D eigenvalue weighted by Gasteiger charge is 2.18. The molecule has 1 aliphatic rings. The minimum atomic E-state index is 0.488. The fourth-order valence-electron chi connectivity index (χ4n) is 2.43. The molecule has 18 heavy (non-hydrogen) atoms. The predicted molar refractivity (Wildman–Crippen MR) is 76.5 cm³/mol. The molecule has 0 bridgehead atoms. The standard InChI is InChI=1S/C13H18N4S/c1-7-8(2)18-13-11(7)12(15-9(3)16-13)17-10-4-5-14-6-10/h10,14H,4-6H2,1-3H3,(H,15,16,17). The molecular formula is C13H18N4S. The zero-order chi connectivity index (χ0) is 12.7. The second-order valence-electron chi connectivity index (χ2n) is 4.92. The molecule has 2 N–H and O–H groups in total. The van der Waals surface area contributed by atoms with Crippen LogP contribution in [0.4, 0.5) is 5.82 Å². The van der Waals surface area contributed by atoms with Gasteiger partial charge in [0.25, 0.3) is 0 Å². The summed E-state index contributed by atoms with van der Waals surface area (Å²) in [6.45, 7) is 8.38. The van der Waals surface area contributed by atoms with Gasteiger partial charge in [0.2, 0.25) is 0 Å². The fraction of sp³-hybridized carbons (Fsp3) is 0.538. The molecule has 2 aromatic heterocycles. The molecule has 1 aliphatic heterocycles. The Hall–Kier alpha value is -1.20. The van der Waals surface area contributed by atoms with Crippen molar-refractivity contribution in [2.75, 3.05) is 18.4 Å². The molecule has 96 valence electrons. The van der Waals surface area contributed by atoms with Crippen molar-refractivity contribution in [1.29, 1.82) is 0 Å². The molecule has 0 spiro atoms. The van der Waals surface area contributed by atoms with Crippen molar-refractivity contribution in [2.45, 2.75) is 33.2 Å². The molecule has 1 atom stereocenters. The molecule has 3 rings (SSSR count). The summed E-state index contributed by atoms with van der Waals surface area (Å²) in [6, 6.07) is 0.488. The van der Waals surface area contributed by atoms with Crippen LogP contribution in [-0.4, -0.2) is 29.1 Å². The molecule has 1 saturated heterocycles. The molecule has 4 nitrogen and oxygen atoms in total. The largest absolute Gasteiger partial charge is 0.365 e. The smallest absolute Gasteiger partial charge is 0.139 e. The van der Waals surface area contributed by atoms with Crippen molar-refractivity contribution in [1.82, 2.24) is 15.3 Å². The van der Waals surface area contributed by atoms with Crippen LogP contribution in [0.2, 0.25) is 0 Å². The van der Waals surface area contributed by atoms with Crippen LogP contribution in [0.5, 0.6) is 0 Å². The Morgan fingerprint density at radius 3 is 2.83 bits per heavy atom. The molecule has 0 saturated carbocycles. The first-order chi connectivity index (χ1) is 8.65. The third kappa shape index (κ3) is 1.97. The van der Waals surface area contributed by atoms with Crippen molar-refractivity contribution in [3.05, 3.63) is 16.3 Å². The molecule has 0 amide bonds. The second kappa shape index (κ2) is 4.48. The van der Waals surface area contributed by atoms with Gasteiger partial charge in [0, 0.05) is 17.5 Å². The molecule has 5 heteroatoms. The van der Waals surface area contributed by atoms with Crippen molar-refractivity contribution in [2.24, 2.45) is 0 Å². The van der Waals surface area contributed by atoms with Crippen LogP contribution in [0.1, 0.15) is 22.7 Å². The Morgan fingerprint density at radius 1 is 1.28 bits per heavy atom. The van der Waals surface area contributed by atoms with E-state index in [0.717, 1.165) is 36.0 Å². The van der Waals surface area contributed by atoms with E-state index >= 15 is 0 Å². The number of nitrogens with one attached hydrogen (secondary N) is 2. The number of rotatable bonds is 2. The van der Waals surface area contributed by atoms with Gasteiger partial charge in [-0.05, 0) is 39.3 Å². The summed E-state index contributed by atoms with van der Waals surface area (Å²) in [5.74, 6) is 1.85. The van der Waals surface area contributed by atoms with Crippen LogP contribution < -0.4 is 10.6 Å². The van der Waals surface area contributed by atoms with Crippen molar-refractivity contribution in [3.63, 3.8) is 0 Å². The molecular weight excluding hydrogens is 244 g/mol. The van der Waals surface area contributed by atoms with E-state index in [1.165, 1.54) is 15.8 Å². The van der Waals surface area contributed by atoms with Crippen molar-refractivity contribution in [3.8, 4) is 0 Å². The number of aryl methyl sites for hydroxylation is 3. The average molecular weight is 262 g/mol. The quantitative estimate of drug-likeness (QED) is 0.872. The summed E-state index contributed by atoms with van der Waals surface area (Å²) >= 11 is 1.76. The Bertz CT molecular complexity index is 584. The van der Waals surface area contributed by atoms with E-state index in [-0.39, 0.29) is 0 Å². The van der Waals surface area contributed by atoms with Crippen LogP contribution >= 0.6 is 11.3 Å². The average Bonchev–Trinajstić information content (AvgIpc) is 2.89. The lowest BCUT2D eigenvalue weighted by Gasteiger charge is -2.13. The Labute approximate surface area is 111 Å². The number of thiophene rings is 1. The van der Waals surface area contributed by atoms with Crippen LogP contribution in [0, 0.1) is 20.8 Å². The summed E-state index contributed by atoms with van der Waals surface area (Å²) < 4.78 is 0. The van der Waals surface area contributed by atoms with Crippen LogP contribution in [0.15, 0.2) is 0 Å². The minimum absolute atomic E-state index is 0.488.